The van der Waals surface area contributed by atoms with E-state index >= 15 is 0 Å². The van der Waals surface area contributed by atoms with Gasteiger partial charge < -0.3 is 19.9 Å². The number of halogens is 1. The number of aryl methyl sites for hydroxylation is 1. The van der Waals surface area contributed by atoms with Crippen LogP contribution in [-0.2, 0) is 6.54 Å². The summed E-state index contributed by atoms with van der Waals surface area (Å²) in [7, 11) is 0. The number of pyridine rings is 1. The first-order chi connectivity index (χ1) is 14.4. The third kappa shape index (κ3) is 4.23. The molecule has 2 heterocycles. The molecule has 0 saturated carbocycles. The molecule has 0 amide bonds. The Bertz CT molecular complexity index is 1060. The molecule has 0 aliphatic carbocycles. The highest BCUT2D eigenvalue weighted by Gasteiger charge is 2.34. The van der Waals surface area contributed by atoms with Gasteiger partial charge in [-0.15, -0.1) is 0 Å². The smallest absolute Gasteiger partial charge is 0.258 e. The van der Waals surface area contributed by atoms with E-state index < -0.39 is 5.92 Å². The van der Waals surface area contributed by atoms with Gasteiger partial charge in [0.05, 0.1) is 11.5 Å². The fourth-order valence-electron chi connectivity index (χ4n) is 3.98. The first-order valence-electron chi connectivity index (χ1n) is 10.2. The predicted molar refractivity (Wildman–Crippen MR) is 119 cm³/mol. The molecular weight excluding hydrogens is 400 g/mol. The Kier molecular flexibility index (Phi) is 6.86. The number of fused-ring (bicyclic) bond motifs is 1. The van der Waals surface area contributed by atoms with E-state index in [-0.39, 0.29) is 17.0 Å². The molecule has 0 saturated heterocycles. The standard InChI is InChI=1S/C23H27ClN4O2/c1-4-27(5-2)10-7-11-28-15(3)12-19-21(23(28)29)20(18(14-25)22(26)30-19)16-8-6-9-17(24)13-16/h6,8-9,12-13,20H,4-5,7,10-11,26H2,1-3H3. The van der Waals surface area contributed by atoms with Crippen molar-refractivity contribution < 1.29 is 4.74 Å². The average Bonchev–Trinajstić information content (AvgIpc) is 2.72. The maximum absolute atomic E-state index is 13.5. The van der Waals surface area contributed by atoms with Gasteiger partial charge in [-0.25, -0.2) is 0 Å². The maximum atomic E-state index is 13.5. The molecule has 2 N–H and O–H groups in total. The van der Waals surface area contributed by atoms with Crippen molar-refractivity contribution in [2.75, 3.05) is 19.6 Å². The summed E-state index contributed by atoms with van der Waals surface area (Å²) in [6, 6.07) is 11.1. The molecule has 0 fully saturated rings. The lowest BCUT2D eigenvalue weighted by Gasteiger charge is -2.27. The SMILES string of the molecule is CCN(CC)CCCn1c(C)cc2c(c1=O)C(c1cccc(Cl)c1)C(C#N)=C(N)O2. The third-order valence-electron chi connectivity index (χ3n) is 5.62. The Balaban J connectivity index is 2.08. The van der Waals surface area contributed by atoms with Gasteiger partial charge in [-0.3, -0.25) is 4.79 Å². The minimum Gasteiger partial charge on any atom is -0.440 e. The normalized spacial score (nSPS) is 15.7. The van der Waals surface area contributed by atoms with Crippen molar-refractivity contribution in [2.45, 2.75) is 39.7 Å². The topological polar surface area (TPSA) is 84.3 Å². The molecule has 1 aliphatic rings. The van der Waals surface area contributed by atoms with Crippen molar-refractivity contribution in [3.8, 4) is 11.8 Å². The second kappa shape index (κ2) is 9.38. The lowest BCUT2D eigenvalue weighted by atomic mass is 9.84. The highest BCUT2D eigenvalue weighted by molar-refractivity contribution is 6.30. The zero-order valence-corrected chi connectivity index (χ0v) is 18.4. The first kappa shape index (κ1) is 21.9. The zero-order chi connectivity index (χ0) is 21.8. The second-order valence-electron chi connectivity index (χ2n) is 7.38. The zero-order valence-electron chi connectivity index (χ0n) is 17.6. The largest absolute Gasteiger partial charge is 0.440 e. The van der Waals surface area contributed by atoms with Crippen LogP contribution in [0.1, 0.15) is 43.0 Å². The van der Waals surface area contributed by atoms with E-state index in [0.717, 1.165) is 37.3 Å². The van der Waals surface area contributed by atoms with Crippen LogP contribution in [0.3, 0.4) is 0 Å². The van der Waals surface area contributed by atoms with E-state index in [1.54, 1.807) is 22.8 Å². The van der Waals surface area contributed by atoms with Gasteiger partial charge >= 0.3 is 0 Å². The van der Waals surface area contributed by atoms with E-state index in [2.05, 4.69) is 24.8 Å². The number of benzene rings is 1. The molecule has 158 valence electrons. The molecule has 1 atom stereocenters. The van der Waals surface area contributed by atoms with Gasteiger partial charge in [-0.2, -0.15) is 5.26 Å². The molecule has 30 heavy (non-hydrogen) atoms. The summed E-state index contributed by atoms with van der Waals surface area (Å²) in [5.41, 5.74) is 8.07. The van der Waals surface area contributed by atoms with Gasteiger partial charge in [-0.1, -0.05) is 37.6 Å². The average molecular weight is 427 g/mol. The number of hydrogen-bond donors (Lipinski definition) is 1. The van der Waals surface area contributed by atoms with Crippen LogP contribution in [0.4, 0.5) is 0 Å². The molecule has 1 aliphatic heterocycles. The summed E-state index contributed by atoms with van der Waals surface area (Å²) < 4.78 is 7.46. The van der Waals surface area contributed by atoms with Gasteiger partial charge in [0.25, 0.3) is 5.56 Å². The van der Waals surface area contributed by atoms with Crippen molar-refractivity contribution >= 4 is 11.6 Å². The van der Waals surface area contributed by atoms with Crippen LogP contribution < -0.4 is 16.0 Å². The van der Waals surface area contributed by atoms with E-state index in [1.165, 1.54) is 0 Å². The van der Waals surface area contributed by atoms with Crippen LogP contribution in [0.5, 0.6) is 5.75 Å². The Morgan fingerprint density at radius 1 is 1.30 bits per heavy atom. The van der Waals surface area contributed by atoms with Crippen LogP contribution in [0.2, 0.25) is 5.02 Å². The van der Waals surface area contributed by atoms with Crippen molar-refractivity contribution in [1.82, 2.24) is 9.47 Å². The van der Waals surface area contributed by atoms with Crippen molar-refractivity contribution in [2.24, 2.45) is 5.73 Å². The summed E-state index contributed by atoms with van der Waals surface area (Å²) in [5, 5.41) is 10.3. The molecule has 0 spiro atoms. The molecule has 3 rings (SSSR count). The van der Waals surface area contributed by atoms with E-state index in [9.17, 15) is 10.1 Å². The minimum absolute atomic E-state index is 0.0214. The van der Waals surface area contributed by atoms with Gasteiger partial charge in [0.2, 0.25) is 5.88 Å². The molecular formula is C23H27ClN4O2. The van der Waals surface area contributed by atoms with E-state index in [0.29, 0.717) is 22.9 Å². The summed E-state index contributed by atoms with van der Waals surface area (Å²) in [6.07, 6.45) is 0.854. The van der Waals surface area contributed by atoms with Crippen LogP contribution in [0, 0.1) is 18.3 Å². The predicted octanol–water partition coefficient (Wildman–Crippen LogP) is 3.76. The Labute approximate surface area is 182 Å². The van der Waals surface area contributed by atoms with Gasteiger partial charge in [0, 0.05) is 23.3 Å². The second-order valence-corrected chi connectivity index (χ2v) is 7.82. The van der Waals surface area contributed by atoms with Crippen LogP contribution in [-0.4, -0.2) is 29.1 Å². The minimum atomic E-state index is -0.611. The number of allylic oxidation sites excluding steroid dienone is 1. The molecule has 7 heteroatoms. The molecule has 1 unspecified atom stereocenters. The monoisotopic (exact) mass is 426 g/mol. The molecule has 1 aromatic carbocycles. The Hall–Kier alpha value is -2.75. The quantitative estimate of drug-likeness (QED) is 0.728. The molecule has 0 radical (unpaired) electrons. The molecule has 2 aromatic rings. The summed E-state index contributed by atoms with van der Waals surface area (Å²) in [5.74, 6) is -0.188. The Morgan fingerprint density at radius 2 is 2.03 bits per heavy atom. The van der Waals surface area contributed by atoms with E-state index in [4.69, 9.17) is 22.1 Å². The molecule has 0 bridgehead atoms. The number of ether oxygens (including phenoxy) is 1. The van der Waals surface area contributed by atoms with Crippen molar-refractivity contribution in [1.29, 1.82) is 5.26 Å². The fraction of sp³-hybridized carbons (Fsp3) is 0.391. The fourth-order valence-corrected chi connectivity index (χ4v) is 4.17. The Morgan fingerprint density at radius 3 is 2.67 bits per heavy atom. The lowest BCUT2D eigenvalue weighted by molar-refractivity contribution is 0.292. The lowest BCUT2D eigenvalue weighted by Crippen LogP contribution is -2.33. The summed E-state index contributed by atoms with van der Waals surface area (Å²) in [6.45, 7) is 9.62. The number of aromatic nitrogens is 1. The number of rotatable bonds is 7. The molecule has 1 aromatic heterocycles. The first-order valence-corrected chi connectivity index (χ1v) is 10.6. The highest BCUT2D eigenvalue weighted by atomic mass is 35.5. The summed E-state index contributed by atoms with van der Waals surface area (Å²) >= 11 is 6.19. The maximum Gasteiger partial charge on any atom is 0.258 e. The van der Waals surface area contributed by atoms with Gasteiger partial charge in [-0.05, 0) is 50.7 Å². The van der Waals surface area contributed by atoms with Crippen molar-refractivity contribution in [3.63, 3.8) is 0 Å². The summed E-state index contributed by atoms with van der Waals surface area (Å²) in [4.78, 5) is 15.9. The number of nitriles is 1. The number of nitrogens with two attached hydrogens (primary N) is 1. The van der Waals surface area contributed by atoms with Crippen LogP contribution >= 0.6 is 11.6 Å². The number of nitrogens with zero attached hydrogens (tertiary/aromatic N) is 3. The third-order valence-corrected chi connectivity index (χ3v) is 5.86. The molecule has 6 nitrogen and oxygen atoms in total. The van der Waals surface area contributed by atoms with Gasteiger partial charge in [0.15, 0.2) is 0 Å². The van der Waals surface area contributed by atoms with E-state index in [1.807, 2.05) is 19.1 Å². The van der Waals surface area contributed by atoms with Crippen LogP contribution in [0.25, 0.3) is 0 Å². The number of hydrogen-bond acceptors (Lipinski definition) is 5. The van der Waals surface area contributed by atoms with Gasteiger partial charge in [0.1, 0.15) is 17.4 Å². The highest BCUT2D eigenvalue weighted by Crippen LogP contribution is 2.40. The van der Waals surface area contributed by atoms with Crippen LogP contribution in [0.15, 0.2) is 46.6 Å². The van der Waals surface area contributed by atoms with Crippen molar-refractivity contribution in [3.05, 3.63) is 74.0 Å².